The number of thioether (sulfide) groups is 1. The van der Waals surface area contributed by atoms with Crippen molar-refractivity contribution in [1.82, 2.24) is 5.32 Å². The summed E-state index contributed by atoms with van der Waals surface area (Å²) in [5.74, 6) is 3.20. The maximum Gasteiger partial charge on any atom is 0.0783 e. The highest BCUT2D eigenvalue weighted by atomic mass is 32.2. The van der Waals surface area contributed by atoms with Gasteiger partial charge in [-0.1, -0.05) is 13.8 Å². The van der Waals surface area contributed by atoms with E-state index in [-0.39, 0.29) is 5.60 Å². The normalized spacial score (nSPS) is 30.9. The Morgan fingerprint density at radius 2 is 2.33 bits per heavy atom. The summed E-state index contributed by atoms with van der Waals surface area (Å²) in [6.07, 6.45) is 4.83. The zero-order valence-electron chi connectivity index (χ0n) is 13.2. The van der Waals surface area contributed by atoms with Crippen molar-refractivity contribution in [2.75, 3.05) is 24.7 Å². The quantitative estimate of drug-likeness (QED) is 0.874. The maximum absolute atomic E-state index is 6.20. The van der Waals surface area contributed by atoms with E-state index in [2.05, 4.69) is 43.1 Å². The van der Waals surface area contributed by atoms with Crippen molar-refractivity contribution in [3.05, 3.63) is 21.9 Å². The van der Waals surface area contributed by atoms with Crippen LogP contribution in [0, 0.1) is 5.92 Å². The summed E-state index contributed by atoms with van der Waals surface area (Å²) in [6.45, 7) is 6.46. The summed E-state index contributed by atoms with van der Waals surface area (Å²) in [4.78, 5) is 3.03. The number of rotatable bonds is 5. The van der Waals surface area contributed by atoms with Crippen LogP contribution >= 0.6 is 23.1 Å². The third-order valence-electron chi connectivity index (χ3n) is 4.83. The van der Waals surface area contributed by atoms with Gasteiger partial charge in [0.2, 0.25) is 0 Å². The fraction of sp³-hybridized carbons (Fsp3) is 0.765. The van der Waals surface area contributed by atoms with Gasteiger partial charge in [-0.25, -0.2) is 0 Å². The van der Waals surface area contributed by atoms with Crippen molar-refractivity contribution in [1.29, 1.82) is 0 Å². The lowest BCUT2D eigenvalue weighted by Gasteiger charge is -2.41. The van der Waals surface area contributed by atoms with Crippen LogP contribution in [0.5, 0.6) is 0 Å². The first kappa shape index (κ1) is 15.9. The Kier molecular flexibility index (Phi) is 5.31. The van der Waals surface area contributed by atoms with E-state index in [0.717, 1.165) is 25.5 Å². The monoisotopic (exact) mass is 325 g/mol. The van der Waals surface area contributed by atoms with Crippen LogP contribution in [0.1, 0.15) is 48.9 Å². The molecule has 2 fully saturated rings. The first-order valence-electron chi connectivity index (χ1n) is 8.30. The summed E-state index contributed by atoms with van der Waals surface area (Å²) in [5, 5.41) is 3.76. The first-order valence-corrected chi connectivity index (χ1v) is 10.3. The average molecular weight is 326 g/mol. The molecule has 1 aromatic rings. The Labute approximate surface area is 137 Å². The molecule has 3 heterocycles. The van der Waals surface area contributed by atoms with E-state index >= 15 is 0 Å². The molecule has 0 aliphatic carbocycles. The Hall–Kier alpha value is -0.0300. The lowest BCUT2D eigenvalue weighted by molar-refractivity contribution is -0.0851. The van der Waals surface area contributed by atoms with Crippen LogP contribution in [0.25, 0.3) is 0 Å². The summed E-state index contributed by atoms with van der Waals surface area (Å²) in [6, 6.07) is 5.18. The van der Waals surface area contributed by atoms with Crippen molar-refractivity contribution >= 4 is 23.1 Å². The maximum atomic E-state index is 6.20. The average Bonchev–Trinajstić information content (AvgIpc) is 3.14. The van der Waals surface area contributed by atoms with E-state index in [1.54, 1.807) is 0 Å². The lowest BCUT2D eigenvalue weighted by Crippen LogP contribution is -2.43. The molecule has 21 heavy (non-hydrogen) atoms. The summed E-state index contributed by atoms with van der Waals surface area (Å²) in [7, 11) is 0. The third-order valence-corrected chi connectivity index (χ3v) is 7.37. The van der Waals surface area contributed by atoms with Gasteiger partial charge in [-0.05, 0) is 56.0 Å². The van der Waals surface area contributed by atoms with Gasteiger partial charge in [0.1, 0.15) is 0 Å². The van der Waals surface area contributed by atoms with E-state index in [1.165, 1.54) is 40.5 Å². The molecule has 3 unspecified atom stereocenters. The van der Waals surface area contributed by atoms with Crippen LogP contribution < -0.4 is 5.32 Å². The molecule has 0 aromatic carbocycles. The second-order valence-corrected chi connectivity index (χ2v) is 8.58. The molecule has 3 atom stereocenters. The molecule has 2 saturated heterocycles. The fourth-order valence-corrected chi connectivity index (χ4v) is 6.18. The second kappa shape index (κ2) is 7.03. The largest absolute Gasteiger partial charge is 0.374 e. The first-order chi connectivity index (χ1) is 10.3. The standard InChI is InChI=1S/C17H27NOS2/c1-3-14-5-6-15(21-14)16(18-4-2)13-7-9-19-17(11-13)8-10-20-12-17/h5-6,13,16,18H,3-4,7-12H2,1-2H3. The molecule has 0 saturated carbocycles. The van der Waals surface area contributed by atoms with Gasteiger partial charge in [-0.2, -0.15) is 11.8 Å². The van der Waals surface area contributed by atoms with Crippen LogP contribution in [0.2, 0.25) is 0 Å². The van der Waals surface area contributed by atoms with Crippen LogP contribution in [-0.2, 0) is 11.2 Å². The number of aryl methyl sites for hydroxylation is 1. The predicted molar refractivity (Wildman–Crippen MR) is 93.5 cm³/mol. The fourth-order valence-electron chi connectivity index (χ4n) is 3.68. The molecule has 4 heteroatoms. The Morgan fingerprint density at radius 3 is 3.00 bits per heavy atom. The van der Waals surface area contributed by atoms with Gasteiger partial charge in [-0.15, -0.1) is 11.3 Å². The highest BCUT2D eigenvalue weighted by Crippen LogP contribution is 2.44. The molecule has 118 valence electrons. The summed E-state index contributed by atoms with van der Waals surface area (Å²) < 4.78 is 6.20. The van der Waals surface area contributed by atoms with Crippen LogP contribution in [0.4, 0.5) is 0 Å². The van der Waals surface area contributed by atoms with Crippen molar-refractivity contribution in [3.8, 4) is 0 Å². The number of hydrogen-bond acceptors (Lipinski definition) is 4. The Bertz CT molecular complexity index is 453. The number of nitrogens with one attached hydrogen (secondary N) is 1. The van der Waals surface area contributed by atoms with E-state index in [0.29, 0.717) is 6.04 Å². The van der Waals surface area contributed by atoms with Gasteiger partial charge in [-0.3, -0.25) is 0 Å². The van der Waals surface area contributed by atoms with Crippen molar-refractivity contribution in [2.45, 2.75) is 51.2 Å². The molecule has 2 nitrogen and oxygen atoms in total. The molecule has 0 radical (unpaired) electrons. The minimum absolute atomic E-state index is 0.187. The molecule has 0 bridgehead atoms. The molecule has 2 aliphatic heterocycles. The van der Waals surface area contributed by atoms with Gasteiger partial charge in [0, 0.05) is 28.2 Å². The van der Waals surface area contributed by atoms with Gasteiger partial charge < -0.3 is 10.1 Å². The van der Waals surface area contributed by atoms with E-state index in [9.17, 15) is 0 Å². The SMILES string of the molecule is CCNC(c1ccc(CC)s1)C1CCOC2(CCSC2)C1. The van der Waals surface area contributed by atoms with Gasteiger partial charge in [0.15, 0.2) is 0 Å². The number of hydrogen-bond donors (Lipinski definition) is 1. The van der Waals surface area contributed by atoms with E-state index < -0.39 is 0 Å². The van der Waals surface area contributed by atoms with E-state index in [4.69, 9.17) is 4.74 Å². The predicted octanol–water partition coefficient (Wildman–Crippen LogP) is 4.26. The van der Waals surface area contributed by atoms with E-state index in [1.807, 2.05) is 11.3 Å². The Balaban J connectivity index is 1.76. The zero-order chi connectivity index (χ0) is 14.7. The van der Waals surface area contributed by atoms with Crippen LogP contribution in [-0.4, -0.2) is 30.3 Å². The highest BCUT2D eigenvalue weighted by molar-refractivity contribution is 7.99. The Morgan fingerprint density at radius 1 is 1.43 bits per heavy atom. The summed E-state index contributed by atoms with van der Waals surface area (Å²) in [5.41, 5.74) is 0.187. The molecule has 1 spiro atoms. The smallest absolute Gasteiger partial charge is 0.0783 e. The highest BCUT2D eigenvalue weighted by Gasteiger charge is 2.42. The number of thiophene rings is 1. The summed E-state index contributed by atoms with van der Waals surface area (Å²) >= 11 is 4.06. The van der Waals surface area contributed by atoms with Gasteiger partial charge >= 0.3 is 0 Å². The van der Waals surface area contributed by atoms with Crippen molar-refractivity contribution in [3.63, 3.8) is 0 Å². The topological polar surface area (TPSA) is 21.3 Å². The van der Waals surface area contributed by atoms with Crippen molar-refractivity contribution < 1.29 is 4.74 Å². The zero-order valence-corrected chi connectivity index (χ0v) is 14.8. The molecule has 2 aliphatic rings. The van der Waals surface area contributed by atoms with Crippen molar-refractivity contribution in [2.24, 2.45) is 5.92 Å². The molecular weight excluding hydrogens is 298 g/mol. The molecule has 0 amide bonds. The molecule has 1 N–H and O–H groups in total. The van der Waals surface area contributed by atoms with Crippen LogP contribution in [0.15, 0.2) is 12.1 Å². The number of ether oxygens (including phenoxy) is 1. The minimum atomic E-state index is 0.187. The second-order valence-electron chi connectivity index (χ2n) is 6.28. The van der Waals surface area contributed by atoms with Gasteiger partial charge in [0.05, 0.1) is 5.60 Å². The van der Waals surface area contributed by atoms with Crippen LogP contribution in [0.3, 0.4) is 0 Å². The van der Waals surface area contributed by atoms with Gasteiger partial charge in [0.25, 0.3) is 0 Å². The minimum Gasteiger partial charge on any atom is -0.374 e. The molecule has 3 rings (SSSR count). The molecular formula is C17H27NOS2. The third kappa shape index (κ3) is 3.49. The molecule has 1 aromatic heterocycles. The lowest BCUT2D eigenvalue weighted by atomic mass is 9.80.